The van der Waals surface area contributed by atoms with Crippen molar-refractivity contribution in [1.29, 1.82) is 0 Å². The van der Waals surface area contributed by atoms with Gasteiger partial charge in [0.2, 0.25) is 11.7 Å². The van der Waals surface area contributed by atoms with E-state index in [1.54, 1.807) is 17.0 Å². The molecular formula is C16H19ClN4O2. The van der Waals surface area contributed by atoms with Gasteiger partial charge in [0.15, 0.2) is 0 Å². The van der Waals surface area contributed by atoms with Crippen molar-refractivity contribution in [3.05, 3.63) is 35.2 Å². The third-order valence-electron chi connectivity index (χ3n) is 3.92. The highest BCUT2D eigenvalue weighted by Crippen LogP contribution is 2.31. The molecule has 2 heterocycles. The minimum absolute atomic E-state index is 0.0801. The Morgan fingerprint density at radius 2 is 2.17 bits per heavy atom. The van der Waals surface area contributed by atoms with Crippen molar-refractivity contribution in [2.75, 3.05) is 13.1 Å². The number of piperidine rings is 1. The molecular weight excluding hydrogens is 316 g/mol. The zero-order valence-corrected chi connectivity index (χ0v) is 13.7. The van der Waals surface area contributed by atoms with Crippen LogP contribution in [0.1, 0.15) is 38.1 Å². The van der Waals surface area contributed by atoms with Gasteiger partial charge in [-0.25, -0.2) is 4.79 Å². The summed E-state index contributed by atoms with van der Waals surface area (Å²) in [5.74, 6) is 0.999. The van der Waals surface area contributed by atoms with Gasteiger partial charge in [-0.15, -0.1) is 0 Å². The van der Waals surface area contributed by atoms with E-state index in [4.69, 9.17) is 16.1 Å². The highest BCUT2D eigenvalue weighted by atomic mass is 35.5. The molecule has 1 aromatic carbocycles. The topological polar surface area (TPSA) is 71.3 Å². The molecule has 122 valence electrons. The lowest BCUT2D eigenvalue weighted by molar-refractivity contribution is 0.132. The molecule has 0 bridgehead atoms. The fourth-order valence-corrected chi connectivity index (χ4v) is 2.90. The maximum atomic E-state index is 12.2. The van der Waals surface area contributed by atoms with Crippen LogP contribution in [0.4, 0.5) is 4.79 Å². The molecule has 0 radical (unpaired) electrons. The molecule has 0 saturated carbocycles. The average molecular weight is 335 g/mol. The van der Waals surface area contributed by atoms with Crippen molar-refractivity contribution in [2.24, 2.45) is 0 Å². The van der Waals surface area contributed by atoms with Gasteiger partial charge in [-0.3, -0.25) is 0 Å². The summed E-state index contributed by atoms with van der Waals surface area (Å²) in [6.45, 7) is 3.21. The van der Waals surface area contributed by atoms with Gasteiger partial charge in [0.05, 0.1) is 0 Å². The van der Waals surface area contributed by atoms with E-state index in [0.717, 1.165) is 24.8 Å². The lowest BCUT2D eigenvalue weighted by Gasteiger charge is -2.33. The number of hydrogen-bond acceptors (Lipinski definition) is 4. The Morgan fingerprint density at radius 3 is 2.91 bits per heavy atom. The molecule has 6 nitrogen and oxygen atoms in total. The molecule has 1 aromatic heterocycles. The van der Waals surface area contributed by atoms with E-state index in [1.165, 1.54) is 0 Å². The standard InChI is InChI=1S/C16H19ClN4O2/c1-2-18-16(22)21-10-4-3-5-13(21)15-19-14(20-23-15)11-6-8-12(17)9-7-11/h6-9,13H,2-5,10H2,1H3,(H,18,22). The number of halogens is 1. The molecule has 1 aliphatic heterocycles. The first-order valence-electron chi connectivity index (χ1n) is 7.83. The predicted molar refractivity (Wildman–Crippen MR) is 87.1 cm³/mol. The number of carbonyl (C=O) groups is 1. The largest absolute Gasteiger partial charge is 0.338 e. The third-order valence-corrected chi connectivity index (χ3v) is 4.17. The second-order valence-electron chi connectivity index (χ2n) is 5.50. The van der Waals surface area contributed by atoms with Gasteiger partial charge in [-0.1, -0.05) is 16.8 Å². The van der Waals surface area contributed by atoms with Crippen LogP contribution >= 0.6 is 11.6 Å². The second kappa shape index (κ2) is 7.00. The van der Waals surface area contributed by atoms with Crippen molar-refractivity contribution in [3.8, 4) is 11.4 Å². The molecule has 1 atom stereocenters. The number of benzene rings is 1. The summed E-state index contributed by atoms with van der Waals surface area (Å²) < 4.78 is 5.43. The summed E-state index contributed by atoms with van der Waals surface area (Å²) in [6, 6.07) is 7.02. The van der Waals surface area contributed by atoms with E-state index in [9.17, 15) is 4.79 Å². The summed E-state index contributed by atoms with van der Waals surface area (Å²) in [5.41, 5.74) is 0.838. The van der Waals surface area contributed by atoms with Gasteiger partial charge in [-0.2, -0.15) is 4.98 Å². The van der Waals surface area contributed by atoms with Crippen molar-refractivity contribution in [3.63, 3.8) is 0 Å². The Morgan fingerprint density at radius 1 is 1.39 bits per heavy atom. The van der Waals surface area contributed by atoms with Crippen molar-refractivity contribution in [2.45, 2.75) is 32.2 Å². The number of rotatable bonds is 3. The monoisotopic (exact) mass is 334 g/mol. The molecule has 1 unspecified atom stereocenters. The van der Waals surface area contributed by atoms with E-state index >= 15 is 0 Å². The van der Waals surface area contributed by atoms with Gasteiger partial charge >= 0.3 is 6.03 Å². The zero-order valence-electron chi connectivity index (χ0n) is 13.0. The molecule has 1 aliphatic rings. The first kappa shape index (κ1) is 15.8. The number of urea groups is 1. The summed E-state index contributed by atoms with van der Waals surface area (Å²) in [7, 11) is 0. The van der Waals surface area contributed by atoms with Crippen LogP contribution in [0.15, 0.2) is 28.8 Å². The Bertz CT molecular complexity index is 671. The van der Waals surface area contributed by atoms with E-state index < -0.39 is 0 Å². The fourth-order valence-electron chi connectivity index (χ4n) is 2.77. The Labute approximate surface area is 139 Å². The van der Waals surface area contributed by atoms with Crippen LogP contribution in [0.2, 0.25) is 5.02 Å². The minimum atomic E-state index is -0.163. The van der Waals surface area contributed by atoms with Crippen LogP contribution in [0.3, 0.4) is 0 Å². The highest BCUT2D eigenvalue weighted by Gasteiger charge is 2.32. The van der Waals surface area contributed by atoms with Crippen molar-refractivity contribution in [1.82, 2.24) is 20.4 Å². The van der Waals surface area contributed by atoms with Crippen LogP contribution in [-0.4, -0.2) is 34.2 Å². The molecule has 2 aromatic rings. The lowest BCUT2D eigenvalue weighted by Crippen LogP contribution is -2.44. The molecule has 1 saturated heterocycles. The summed E-state index contributed by atoms with van der Waals surface area (Å²) in [6.07, 6.45) is 2.87. The van der Waals surface area contributed by atoms with E-state index in [-0.39, 0.29) is 12.1 Å². The summed E-state index contributed by atoms with van der Waals surface area (Å²) in [4.78, 5) is 18.5. The number of nitrogens with zero attached hydrogens (tertiary/aromatic N) is 3. The average Bonchev–Trinajstić information content (AvgIpc) is 3.05. The van der Waals surface area contributed by atoms with Crippen LogP contribution < -0.4 is 5.32 Å². The van der Waals surface area contributed by atoms with Gasteiger partial charge in [0, 0.05) is 23.7 Å². The SMILES string of the molecule is CCNC(=O)N1CCCCC1c1nc(-c2ccc(Cl)cc2)no1. The van der Waals surface area contributed by atoms with Crippen molar-refractivity contribution >= 4 is 17.6 Å². The highest BCUT2D eigenvalue weighted by molar-refractivity contribution is 6.30. The number of hydrogen-bond donors (Lipinski definition) is 1. The van der Waals surface area contributed by atoms with E-state index in [1.807, 2.05) is 19.1 Å². The maximum Gasteiger partial charge on any atom is 0.318 e. The fraction of sp³-hybridized carbons (Fsp3) is 0.438. The normalized spacial score (nSPS) is 18.0. The molecule has 1 fully saturated rings. The summed E-state index contributed by atoms with van der Waals surface area (Å²) in [5, 5.41) is 7.55. The molecule has 0 spiro atoms. The number of nitrogens with one attached hydrogen (secondary N) is 1. The Balaban J connectivity index is 1.82. The summed E-state index contributed by atoms with van der Waals surface area (Å²) >= 11 is 5.89. The van der Waals surface area contributed by atoms with Crippen LogP contribution in [0.25, 0.3) is 11.4 Å². The molecule has 7 heteroatoms. The van der Waals surface area contributed by atoms with Crippen molar-refractivity contribution < 1.29 is 9.32 Å². The number of aromatic nitrogens is 2. The number of carbonyl (C=O) groups excluding carboxylic acids is 1. The van der Waals surface area contributed by atoms with Gasteiger partial charge in [0.1, 0.15) is 6.04 Å². The van der Waals surface area contributed by atoms with Crippen LogP contribution in [0.5, 0.6) is 0 Å². The Hall–Kier alpha value is -2.08. The molecule has 2 amide bonds. The quantitative estimate of drug-likeness (QED) is 0.930. The molecule has 23 heavy (non-hydrogen) atoms. The zero-order chi connectivity index (χ0) is 16.2. The molecule has 3 rings (SSSR count). The lowest BCUT2D eigenvalue weighted by atomic mass is 10.0. The number of likely N-dealkylation sites (tertiary alicyclic amines) is 1. The molecule has 0 aliphatic carbocycles. The first-order chi connectivity index (χ1) is 11.2. The Kier molecular flexibility index (Phi) is 4.81. The third kappa shape index (κ3) is 3.47. The maximum absolute atomic E-state index is 12.2. The predicted octanol–water partition coefficient (Wildman–Crippen LogP) is 3.65. The smallest absolute Gasteiger partial charge is 0.318 e. The minimum Gasteiger partial charge on any atom is -0.338 e. The van der Waals surface area contributed by atoms with Gasteiger partial charge < -0.3 is 14.7 Å². The van der Waals surface area contributed by atoms with E-state index in [2.05, 4.69) is 15.5 Å². The molecule has 1 N–H and O–H groups in total. The second-order valence-corrected chi connectivity index (χ2v) is 5.94. The number of amides is 2. The van der Waals surface area contributed by atoms with Gasteiger partial charge in [-0.05, 0) is 50.5 Å². The van der Waals surface area contributed by atoms with Gasteiger partial charge in [0.25, 0.3) is 0 Å². The van der Waals surface area contributed by atoms with E-state index in [0.29, 0.717) is 29.8 Å². The first-order valence-corrected chi connectivity index (χ1v) is 8.21. The van der Waals surface area contributed by atoms with Crippen LogP contribution in [-0.2, 0) is 0 Å². The van der Waals surface area contributed by atoms with Crippen LogP contribution in [0, 0.1) is 0 Å².